The first kappa shape index (κ1) is 17.0. The van der Waals surface area contributed by atoms with E-state index in [0.717, 1.165) is 0 Å². The van der Waals surface area contributed by atoms with E-state index in [2.05, 4.69) is 20.4 Å². The van der Waals surface area contributed by atoms with Crippen molar-refractivity contribution in [2.75, 3.05) is 25.0 Å². The van der Waals surface area contributed by atoms with Crippen molar-refractivity contribution in [3.05, 3.63) is 54.6 Å². The smallest absolute Gasteiger partial charge is 0.321 e. The van der Waals surface area contributed by atoms with E-state index in [4.69, 9.17) is 9.26 Å². The number of carbonyl (C=O) groups excluding carboxylic acids is 1. The fraction of sp³-hybridized carbons (Fsp3) is 0.263. The molecule has 2 amide bonds. The molecule has 0 atom stereocenters. The molecule has 1 aliphatic rings. The Balaban J connectivity index is 1.36. The number of benzene rings is 1. The number of para-hydroxylation sites is 2. The molecule has 3 heterocycles. The molecular weight excluding hydrogens is 346 g/mol. The minimum Gasteiger partial charge on any atom is -0.492 e. The Morgan fingerprint density at radius 1 is 1.26 bits per heavy atom. The molecule has 27 heavy (non-hydrogen) atoms. The number of carbonyl (C=O) groups is 1. The average Bonchev–Trinajstić information content (AvgIpc) is 3.13. The van der Waals surface area contributed by atoms with Crippen LogP contribution in [0, 0.1) is 0 Å². The van der Waals surface area contributed by atoms with Gasteiger partial charge in [0.1, 0.15) is 11.4 Å². The molecule has 0 bridgehead atoms. The molecule has 1 N–H and O–H groups in total. The zero-order valence-electron chi connectivity index (χ0n) is 14.8. The summed E-state index contributed by atoms with van der Waals surface area (Å²) in [5.41, 5.74) is 1.32. The molecule has 0 aliphatic carbocycles. The Kier molecular flexibility index (Phi) is 4.69. The summed E-state index contributed by atoms with van der Waals surface area (Å²) in [5.74, 6) is 1.67. The summed E-state index contributed by atoms with van der Waals surface area (Å²) >= 11 is 0. The van der Waals surface area contributed by atoms with Crippen molar-refractivity contribution in [3.8, 4) is 17.3 Å². The molecule has 1 fully saturated rings. The lowest BCUT2D eigenvalue weighted by atomic mass is 10.0. The monoisotopic (exact) mass is 365 g/mol. The molecule has 1 saturated heterocycles. The minimum absolute atomic E-state index is 0.0304. The lowest BCUT2D eigenvalue weighted by Gasteiger charge is -2.36. The number of urea groups is 1. The SMILES string of the molecule is CCOc1ccccc1NC(=O)N1CC(c2nc(-c3ccccn3)no2)C1. The van der Waals surface area contributed by atoms with Crippen molar-refractivity contribution in [2.24, 2.45) is 0 Å². The standard InChI is InChI=1S/C19H19N5O3/c1-2-26-16-9-4-3-7-14(16)21-19(25)24-11-13(12-24)18-22-17(23-27-18)15-8-5-6-10-20-15/h3-10,13H,2,11-12H2,1H3,(H,21,25). The number of aromatic nitrogens is 3. The predicted molar refractivity (Wildman–Crippen MR) is 98.5 cm³/mol. The summed E-state index contributed by atoms with van der Waals surface area (Å²) in [6, 6.07) is 12.7. The first-order chi connectivity index (χ1) is 13.2. The van der Waals surface area contributed by atoms with Crippen LogP contribution in [0.25, 0.3) is 11.5 Å². The molecule has 0 saturated carbocycles. The first-order valence-electron chi connectivity index (χ1n) is 8.77. The Morgan fingerprint density at radius 3 is 2.85 bits per heavy atom. The second-order valence-electron chi connectivity index (χ2n) is 6.13. The molecule has 0 unspecified atom stereocenters. The van der Waals surface area contributed by atoms with E-state index < -0.39 is 0 Å². The summed E-state index contributed by atoms with van der Waals surface area (Å²) in [7, 11) is 0. The lowest BCUT2D eigenvalue weighted by Crippen LogP contribution is -2.50. The molecule has 1 aromatic carbocycles. The van der Waals surface area contributed by atoms with Crippen LogP contribution in [0.5, 0.6) is 5.75 Å². The van der Waals surface area contributed by atoms with E-state index in [1.165, 1.54) is 0 Å². The number of likely N-dealkylation sites (tertiary alicyclic amines) is 1. The van der Waals surface area contributed by atoms with Crippen LogP contribution in [0.15, 0.2) is 53.2 Å². The molecule has 1 aliphatic heterocycles. The Bertz CT molecular complexity index is 922. The quantitative estimate of drug-likeness (QED) is 0.746. The van der Waals surface area contributed by atoms with Crippen molar-refractivity contribution in [1.82, 2.24) is 20.0 Å². The molecule has 8 heteroatoms. The maximum absolute atomic E-state index is 12.4. The summed E-state index contributed by atoms with van der Waals surface area (Å²) in [4.78, 5) is 22.7. The van der Waals surface area contributed by atoms with Gasteiger partial charge in [0, 0.05) is 19.3 Å². The van der Waals surface area contributed by atoms with Crippen LogP contribution in [0.2, 0.25) is 0 Å². The zero-order valence-corrected chi connectivity index (χ0v) is 14.8. The summed E-state index contributed by atoms with van der Waals surface area (Å²) in [6.45, 7) is 3.48. The second-order valence-corrected chi connectivity index (χ2v) is 6.13. The van der Waals surface area contributed by atoms with Crippen molar-refractivity contribution >= 4 is 11.7 Å². The van der Waals surface area contributed by atoms with E-state index in [1.807, 2.05) is 49.4 Å². The van der Waals surface area contributed by atoms with Gasteiger partial charge in [-0.25, -0.2) is 4.79 Å². The highest BCUT2D eigenvalue weighted by Gasteiger charge is 2.36. The van der Waals surface area contributed by atoms with Gasteiger partial charge in [-0.05, 0) is 31.2 Å². The number of amides is 2. The second kappa shape index (κ2) is 7.45. The topological polar surface area (TPSA) is 93.4 Å². The Labute approximate surface area is 156 Å². The number of nitrogens with one attached hydrogen (secondary N) is 1. The van der Waals surface area contributed by atoms with Crippen LogP contribution in [0.4, 0.5) is 10.5 Å². The number of hydrogen-bond donors (Lipinski definition) is 1. The van der Waals surface area contributed by atoms with E-state index in [1.54, 1.807) is 11.1 Å². The van der Waals surface area contributed by atoms with Gasteiger partial charge in [-0.1, -0.05) is 23.4 Å². The fourth-order valence-electron chi connectivity index (χ4n) is 2.85. The maximum atomic E-state index is 12.4. The lowest BCUT2D eigenvalue weighted by molar-refractivity contribution is 0.147. The van der Waals surface area contributed by atoms with Crippen LogP contribution in [0.3, 0.4) is 0 Å². The van der Waals surface area contributed by atoms with Gasteiger partial charge in [0.05, 0.1) is 18.2 Å². The highest BCUT2D eigenvalue weighted by Crippen LogP contribution is 2.29. The zero-order chi connectivity index (χ0) is 18.6. The van der Waals surface area contributed by atoms with Gasteiger partial charge in [0.25, 0.3) is 0 Å². The van der Waals surface area contributed by atoms with Crippen LogP contribution >= 0.6 is 0 Å². The van der Waals surface area contributed by atoms with Gasteiger partial charge < -0.3 is 19.5 Å². The molecule has 0 radical (unpaired) electrons. The predicted octanol–water partition coefficient (Wildman–Crippen LogP) is 3.16. The summed E-state index contributed by atoms with van der Waals surface area (Å²) < 4.78 is 10.9. The highest BCUT2D eigenvalue weighted by atomic mass is 16.5. The first-order valence-corrected chi connectivity index (χ1v) is 8.77. The Morgan fingerprint density at radius 2 is 2.07 bits per heavy atom. The van der Waals surface area contributed by atoms with Crippen LogP contribution in [-0.4, -0.2) is 45.8 Å². The summed E-state index contributed by atoms with van der Waals surface area (Å²) in [6.07, 6.45) is 1.68. The fourth-order valence-corrected chi connectivity index (χ4v) is 2.85. The van der Waals surface area contributed by atoms with Crippen LogP contribution in [-0.2, 0) is 0 Å². The largest absolute Gasteiger partial charge is 0.492 e. The number of rotatable bonds is 5. The van der Waals surface area contributed by atoms with Gasteiger partial charge in [-0.2, -0.15) is 4.98 Å². The third kappa shape index (κ3) is 3.59. The molecule has 8 nitrogen and oxygen atoms in total. The number of nitrogens with zero attached hydrogens (tertiary/aromatic N) is 4. The third-order valence-corrected chi connectivity index (χ3v) is 4.28. The Hall–Kier alpha value is -3.42. The van der Waals surface area contributed by atoms with Crippen molar-refractivity contribution in [1.29, 1.82) is 0 Å². The van der Waals surface area contributed by atoms with E-state index in [-0.39, 0.29) is 11.9 Å². The molecule has 4 rings (SSSR count). The van der Waals surface area contributed by atoms with Crippen LogP contribution < -0.4 is 10.1 Å². The number of ether oxygens (including phenoxy) is 1. The molecule has 3 aromatic rings. The van der Waals surface area contributed by atoms with E-state index in [9.17, 15) is 4.79 Å². The average molecular weight is 365 g/mol. The van der Waals surface area contributed by atoms with Crippen molar-refractivity contribution in [2.45, 2.75) is 12.8 Å². The molecule has 0 spiro atoms. The molecular formula is C19H19N5O3. The third-order valence-electron chi connectivity index (χ3n) is 4.28. The highest BCUT2D eigenvalue weighted by molar-refractivity contribution is 5.91. The van der Waals surface area contributed by atoms with Gasteiger partial charge in [0.15, 0.2) is 0 Å². The van der Waals surface area contributed by atoms with E-state index in [0.29, 0.717) is 48.5 Å². The maximum Gasteiger partial charge on any atom is 0.321 e. The number of anilines is 1. The van der Waals surface area contributed by atoms with Crippen molar-refractivity contribution < 1.29 is 14.1 Å². The minimum atomic E-state index is -0.178. The number of hydrogen-bond acceptors (Lipinski definition) is 6. The van der Waals surface area contributed by atoms with Gasteiger partial charge >= 0.3 is 6.03 Å². The van der Waals surface area contributed by atoms with E-state index >= 15 is 0 Å². The van der Waals surface area contributed by atoms with Gasteiger partial charge in [-0.3, -0.25) is 4.98 Å². The van der Waals surface area contributed by atoms with Crippen molar-refractivity contribution in [3.63, 3.8) is 0 Å². The normalized spacial score (nSPS) is 13.9. The molecule has 2 aromatic heterocycles. The van der Waals surface area contributed by atoms with Gasteiger partial charge in [0.2, 0.25) is 11.7 Å². The van der Waals surface area contributed by atoms with Gasteiger partial charge in [-0.15, -0.1) is 0 Å². The molecule has 138 valence electrons. The summed E-state index contributed by atoms with van der Waals surface area (Å²) in [5, 5.41) is 6.86. The number of pyridine rings is 1. The van der Waals surface area contributed by atoms with Crippen LogP contribution in [0.1, 0.15) is 18.7 Å².